The van der Waals surface area contributed by atoms with Crippen LogP contribution in [0.4, 0.5) is 10.8 Å². The zero-order valence-corrected chi connectivity index (χ0v) is 16.3. The third-order valence-electron chi connectivity index (χ3n) is 4.91. The summed E-state index contributed by atoms with van der Waals surface area (Å²) in [5.74, 6) is 0.803. The first kappa shape index (κ1) is 18.1. The molecule has 0 aromatic carbocycles. The maximum Gasteiger partial charge on any atom is 0.272 e. The molecule has 0 radical (unpaired) electrons. The lowest BCUT2D eigenvalue weighted by Gasteiger charge is -2.29. The molecule has 9 heteroatoms. The minimum absolute atomic E-state index is 0.000374. The summed E-state index contributed by atoms with van der Waals surface area (Å²) in [6, 6.07) is 3.87. The largest absolute Gasteiger partial charge is 0.378 e. The van der Waals surface area contributed by atoms with Gasteiger partial charge in [0.2, 0.25) is 5.13 Å². The lowest BCUT2D eigenvalue weighted by molar-refractivity contribution is 0.0761. The van der Waals surface area contributed by atoms with Crippen LogP contribution in [0, 0.1) is 6.92 Å². The van der Waals surface area contributed by atoms with Gasteiger partial charge in [-0.1, -0.05) is 0 Å². The fourth-order valence-electron chi connectivity index (χ4n) is 3.44. The van der Waals surface area contributed by atoms with Crippen molar-refractivity contribution in [3.63, 3.8) is 0 Å². The predicted molar refractivity (Wildman–Crippen MR) is 105 cm³/mol. The highest BCUT2D eigenvalue weighted by atomic mass is 32.1. The number of carbonyl (C=O) groups excluding carboxylic acids is 1. The van der Waals surface area contributed by atoms with Crippen molar-refractivity contribution in [1.29, 1.82) is 0 Å². The van der Waals surface area contributed by atoms with E-state index < -0.39 is 0 Å². The lowest BCUT2D eigenvalue weighted by atomic mass is 10.2. The maximum atomic E-state index is 13.0. The van der Waals surface area contributed by atoms with Crippen LogP contribution in [0.1, 0.15) is 22.7 Å². The molecule has 2 aliphatic heterocycles. The topological polar surface area (TPSA) is 74.7 Å². The van der Waals surface area contributed by atoms with Gasteiger partial charge in [0.05, 0.1) is 13.2 Å². The monoisotopic (exact) mass is 388 g/mol. The number of amides is 1. The van der Waals surface area contributed by atoms with E-state index in [1.165, 1.54) is 11.5 Å². The summed E-state index contributed by atoms with van der Waals surface area (Å²) in [4.78, 5) is 28.2. The van der Waals surface area contributed by atoms with Gasteiger partial charge in [-0.2, -0.15) is 4.37 Å². The second-order valence-corrected chi connectivity index (χ2v) is 7.49. The van der Waals surface area contributed by atoms with Crippen LogP contribution in [0.3, 0.4) is 0 Å². The molecule has 0 saturated carbocycles. The summed E-state index contributed by atoms with van der Waals surface area (Å²) in [5, 5.41) is 0.939. The van der Waals surface area contributed by atoms with E-state index in [0.717, 1.165) is 69.0 Å². The van der Waals surface area contributed by atoms with Crippen LogP contribution < -0.4 is 9.80 Å². The molecule has 2 fully saturated rings. The molecule has 2 aliphatic rings. The average Bonchev–Trinajstić information content (AvgIpc) is 3.00. The summed E-state index contributed by atoms with van der Waals surface area (Å²) in [7, 11) is 0. The summed E-state index contributed by atoms with van der Waals surface area (Å²) in [5.41, 5.74) is 1.55. The molecular formula is C18H24N6O2S. The van der Waals surface area contributed by atoms with E-state index in [4.69, 9.17) is 4.74 Å². The Bertz CT molecular complexity index is 792. The standard InChI is InChI=1S/C18H24N6O2S/c1-14-20-18(27-21-14)24-6-2-5-23(7-8-24)17(25)16-13-15(3-4-19-16)22-9-11-26-12-10-22/h3-4,13H,2,5-12H2,1H3. The zero-order chi connectivity index (χ0) is 18.6. The average molecular weight is 388 g/mol. The molecule has 144 valence electrons. The van der Waals surface area contributed by atoms with E-state index in [9.17, 15) is 4.79 Å². The van der Waals surface area contributed by atoms with E-state index in [1.54, 1.807) is 6.20 Å². The normalized spacial score (nSPS) is 18.5. The molecular weight excluding hydrogens is 364 g/mol. The number of hydrogen-bond donors (Lipinski definition) is 0. The summed E-state index contributed by atoms with van der Waals surface area (Å²) >= 11 is 1.42. The summed E-state index contributed by atoms with van der Waals surface area (Å²) in [6.07, 6.45) is 2.64. The molecule has 0 unspecified atom stereocenters. The molecule has 0 N–H and O–H groups in total. The van der Waals surface area contributed by atoms with Crippen molar-refractivity contribution in [3.8, 4) is 0 Å². The SMILES string of the molecule is Cc1nsc(N2CCCN(C(=O)c3cc(N4CCOCC4)ccn3)CC2)n1. The first-order valence-electron chi connectivity index (χ1n) is 9.34. The molecule has 8 nitrogen and oxygen atoms in total. The van der Waals surface area contributed by atoms with E-state index in [2.05, 4.69) is 24.1 Å². The van der Waals surface area contributed by atoms with Crippen molar-refractivity contribution in [3.05, 3.63) is 29.8 Å². The highest BCUT2D eigenvalue weighted by Crippen LogP contribution is 2.20. The Kier molecular flexibility index (Phi) is 5.49. The van der Waals surface area contributed by atoms with Crippen LogP contribution in [0.15, 0.2) is 18.3 Å². The number of morpholine rings is 1. The van der Waals surface area contributed by atoms with Crippen molar-refractivity contribution in [1.82, 2.24) is 19.2 Å². The van der Waals surface area contributed by atoms with Crippen LogP contribution in [0.25, 0.3) is 0 Å². The van der Waals surface area contributed by atoms with Crippen LogP contribution in [0.2, 0.25) is 0 Å². The second kappa shape index (κ2) is 8.18. The van der Waals surface area contributed by atoms with Gasteiger partial charge in [-0.05, 0) is 25.5 Å². The third-order valence-corrected chi connectivity index (χ3v) is 5.78. The Morgan fingerprint density at radius 1 is 1.11 bits per heavy atom. The molecule has 0 spiro atoms. The molecule has 4 rings (SSSR count). The fourth-order valence-corrected chi connectivity index (χ4v) is 4.17. The van der Waals surface area contributed by atoms with Crippen molar-refractivity contribution in [2.45, 2.75) is 13.3 Å². The van der Waals surface area contributed by atoms with E-state index >= 15 is 0 Å². The number of pyridine rings is 1. The Labute approximate surface area is 162 Å². The van der Waals surface area contributed by atoms with Gasteiger partial charge in [-0.15, -0.1) is 0 Å². The number of ether oxygens (including phenoxy) is 1. The van der Waals surface area contributed by atoms with Crippen molar-refractivity contribution in [2.24, 2.45) is 0 Å². The van der Waals surface area contributed by atoms with Gasteiger partial charge >= 0.3 is 0 Å². The quantitative estimate of drug-likeness (QED) is 0.787. The van der Waals surface area contributed by atoms with E-state index in [0.29, 0.717) is 12.2 Å². The molecule has 1 amide bonds. The zero-order valence-electron chi connectivity index (χ0n) is 15.5. The van der Waals surface area contributed by atoms with Crippen LogP contribution >= 0.6 is 11.5 Å². The van der Waals surface area contributed by atoms with Gasteiger partial charge in [-0.3, -0.25) is 9.78 Å². The van der Waals surface area contributed by atoms with E-state index in [-0.39, 0.29) is 5.91 Å². The van der Waals surface area contributed by atoms with Crippen molar-refractivity contribution < 1.29 is 9.53 Å². The van der Waals surface area contributed by atoms with Gasteiger partial charge in [0.15, 0.2) is 0 Å². The highest BCUT2D eigenvalue weighted by Gasteiger charge is 2.23. The van der Waals surface area contributed by atoms with Gasteiger partial charge in [-0.25, -0.2) is 4.98 Å². The summed E-state index contributed by atoms with van der Waals surface area (Å²) in [6.45, 7) is 8.09. The summed E-state index contributed by atoms with van der Waals surface area (Å²) < 4.78 is 9.67. The Hall–Kier alpha value is -2.26. The van der Waals surface area contributed by atoms with Crippen LogP contribution in [-0.2, 0) is 4.74 Å². The van der Waals surface area contributed by atoms with Crippen molar-refractivity contribution in [2.75, 3.05) is 62.3 Å². The molecule has 2 aromatic heterocycles. The molecule has 2 aromatic rings. The Balaban J connectivity index is 1.43. The maximum absolute atomic E-state index is 13.0. The third kappa shape index (κ3) is 4.19. The lowest BCUT2D eigenvalue weighted by Crippen LogP contribution is -2.37. The number of nitrogens with zero attached hydrogens (tertiary/aromatic N) is 6. The van der Waals surface area contributed by atoms with Gasteiger partial charge in [0.25, 0.3) is 5.91 Å². The molecule has 0 aliphatic carbocycles. The molecule has 27 heavy (non-hydrogen) atoms. The smallest absolute Gasteiger partial charge is 0.272 e. The number of aryl methyl sites for hydroxylation is 1. The van der Waals surface area contributed by atoms with Crippen molar-refractivity contribution >= 4 is 28.3 Å². The minimum Gasteiger partial charge on any atom is -0.378 e. The molecule has 0 atom stereocenters. The Morgan fingerprint density at radius 3 is 2.74 bits per heavy atom. The first-order valence-corrected chi connectivity index (χ1v) is 10.1. The molecule has 0 bridgehead atoms. The number of anilines is 2. The van der Waals surface area contributed by atoms with Gasteiger partial charge in [0.1, 0.15) is 11.5 Å². The predicted octanol–water partition coefficient (Wildman–Crippen LogP) is 1.43. The number of rotatable bonds is 3. The van der Waals surface area contributed by atoms with Gasteiger partial charge in [0, 0.05) is 62.7 Å². The molecule has 2 saturated heterocycles. The number of hydrogen-bond acceptors (Lipinski definition) is 8. The number of aromatic nitrogens is 3. The second-order valence-electron chi connectivity index (χ2n) is 6.76. The minimum atomic E-state index is 0.000374. The van der Waals surface area contributed by atoms with Crippen LogP contribution in [-0.4, -0.2) is 77.6 Å². The Morgan fingerprint density at radius 2 is 1.96 bits per heavy atom. The molecule has 4 heterocycles. The fraction of sp³-hybridized carbons (Fsp3) is 0.556. The van der Waals surface area contributed by atoms with E-state index in [1.807, 2.05) is 24.0 Å². The highest BCUT2D eigenvalue weighted by molar-refractivity contribution is 7.09. The number of carbonyl (C=O) groups is 1. The van der Waals surface area contributed by atoms with Gasteiger partial charge < -0.3 is 19.4 Å². The van der Waals surface area contributed by atoms with Crippen LogP contribution in [0.5, 0.6) is 0 Å². The first-order chi connectivity index (χ1) is 13.2.